The molecule has 5 nitrogen and oxygen atoms in total. The Labute approximate surface area is 118 Å². The number of sulfonamides is 1. The second-order valence-electron chi connectivity index (χ2n) is 4.87. The highest BCUT2D eigenvalue weighted by Crippen LogP contribution is 2.30. The SMILES string of the molecule is Cc1oc(CO)cc1S(=O)(=O)N1CC(C)SC(C)C1. The zero-order chi connectivity index (χ0) is 14.2. The molecule has 1 aliphatic heterocycles. The predicted molar refractivity (Wildman–Crippen MR) is 74.6 cm³/mol. The summed E-state index contributed by atoms with van der Waals surface area (Å²) in [7, 11) is -3.53. The van der Waals surface area contributed by atoms with Crippen LogP contribution in [0.5, 0.6) is 0 Å². The highest BCUT2D eigenvalue weighted by molar-refractivity contribution is 8.00. The number of furan rings is 1. The van der Waals surface area contributed by atoms with E-state index in [0.717, 1.165) is 0 Å². The second kappa shape index (κ2) is 5.47. The van der Waals surface area contributed by atoms with Gasteiger partial charge in [-0.25, -0.2) is 8.42 Å². The molecular formula is C12H19NO4S2. The van der Waals surface area contributed by atoms with Gasteiger partial charge in [0.2, 0.25) is 10.0 Å². The third-order valence-corrected chi connectivity index (χ3v) is 6.25. The zero-order valence-electron chi connectivity index (χ0n) is 11.3. The molecule has 2 unspecified atom stereocenters. The fourth-order valence-electron chi connectivity index (χ4n) is 2.32. The summed E-state index contributed by atoms with van der Waals surface area (Å²) in [5.41, 5.74) is 0. The molecule has 1 saturated heterocycles. The van der Waals surface area contributed by atoms with Gasteiger partial charge in [0.1, 0.15) is 23.0 Å². The largest absolute Gasteiger partial charge is 0.462 e. The van der Waals surface area contributed by atoms with Gasteiger partial charge in [0.15, 0.2) is 0 Å². The van der Waals surface area contributed by atoms with Crippen molar-refractivity contribution in [2.75, 3.05) is 13.1 Å². The standard InChI is InChI=1S/C12H19NO4S2/c1-8-5-13(6-9(2)18-8)19(15,16)12-4-11(7-14)17-10(12)3/h4,8-9,14H,5-7H2,1-3H3. The van der Waals surface area contributed by atoms with Crippen LogP contribution in [0.3, 0.4) is 0 Å². The monoisotopic (exact) mass is 305 g/mol. The van der Waals surface area contributed by atoms with Crippen LogP contribution >= 0.6 is 11.8 Å². The maximum Gasteiger partial charge on any atom is 0.246 e. The van der Waals surface area contributed by atoms with E-state index in [9.17, 15) is 8.42 Å². The van der Waals surface area contributed by atoms with Crippen molar-refractivity contribution in [2.24, 2.45) is 0 Å². The molecule has 1 fully saturated rings. The number of aliphatic hydroxyl groups is 1. The molecule has 0 spiro atoms. The number of thioether (sulfide) groups is 1. The summed E-state index contributed by atoms with van der Waals surface area (Å²) >= 11 is 1.80. The van der Waals surface area contributed by atoms with E-state index < -0.39 is 10.0 Å². The van der Waals surface area contributed by atoms with Crippen molar-refractivity contribution in [1.82, 2.24) is 4.31 Å². The first kappa shape index (κ1) is 14.9. The van der Waals surface area contributed by atoms with E-state index in [1.165, 1.54) is 10.4 Å². The summed E-state index contributed by atoms with van der Waals surface area (Å²) < 4.78 is 32.0. The van der Waals surface area contributed by atoms with Crippen LogP contribution in [0.25, 0.3) is 0 Å². The molecule has 0 bridgehead atoms. The molecule has 0 aliphatic carbocycles. The van der Waals surface area contributed by atoms with Crippen molar-refractivity contribution in [3.8, 4) is 0 Å². The smallest absolute Gasteiger partial charge is 0.246 e. The number of aliphatic hydroxyl groups excluding tert-OH is 1. The first-order chi connectivity index (χ1) is 8.84. The predicted octanol–water partition coefficient (Wildman–Crippen LogP) is 1.59. The van der Waals surface area contributed by atoms with E-state index in [0.29, 0.717) is 18.8 Å². The summed E-state index contributed by atoms with van der Waals surface area (Å²) in [6, 6.07) is 1.42. The molecule has 1 aromatic rings. The van der Waals surface area contributed by atoms with Crippen molar-refractivity contribution in [2.45, 2.75) is 42.8 Å². The molecular weight excluding hydrogens is 286 g/mol. The maximum atomic E-state index is 12.6. The van der Waals surface area contributed by atoms with Crippen LogP contribution in [0.15, 0.2) is 15.4 Å². The molecule has 0 saturated carbocycles. The van der Waals surface area contributed by atoms with Gasteiger partial charge in [0, 0.05) is 29.7 Å². The number of aryl methyl sites for hydroxylation is 1. The summed E-state index contributed by atoms with van der Waals surface area (Å²) in [5, 5.41) is 9.59. The molecule has 7 heteroatoms. The molecule has 1 aliphatic rings. The Kier molecular flexibility index (Phi) is 4.29. The van der Waals surface area contributed by atoms with Gasteiger partial charge in [-0.05, 0) is 6.92 Å². The Hall–Kier alpha value is -0.500. The van der Waals surface area contributed by atoms with E-state index in [1.807, 2.05) is 13.8 Å². The minimum atomic E-state index is -3.53. The number of nitrogens with zero attached hydrogens (tertiary/aromatic N) is 1. The van der Waals surface area contributed by atoms with Gasteiger partial charge in [-0.1, -0.05) is 13.8 Å². The molecule has 2 heterocycles. The lowest BCUT2D eigenvalue weighted by Crippen LogP contribution is -2.43. The van der Waals surface area contributed by atoms with Crippen molar-refractivity contribution in [3.63, 3.8) is 0 Å². The molecule has 0 amide bonds. The normalized spacial score (nSPS) is 25.7. The third kappa shape index (κ3) is 2.99. The minimum absolute atomic E-state index is 0.169. The van der Waals surface area contributed by atoms with Crippen molar-refractivity contribution >= 4 is 21.8 Å². The van der Waals surface area contributed by atoms with Crippen LogP contribution in [0.4, 0.5) is 0 Å². The highest BCUT2D eigenvalue weighted by atomic mass is 32.2. The fourth-order valence-corrected chi connectivity index (χ4v) is 5.64. The van der Waals surface area contributed by atoms with E-state index in [2.05, 4.69) is 0 Å². The molecule has 0 aromatic carbocycles. The quantitative estimate of drug-likeness (QED) is 0.918. The average Bonchev–Trinajstić information content (AvgIpc) is 2.70. The zero-order valence-corrected chi connectivity index (χ0v) is 12.9. The van der Waals surface area contributed by atoms with Crippen LogP contribution in [0.2, 0.25) is 0 Å². The van der Waals surface area contributed by atoms with E-state index in [4.69, 9.17) is 9.52 Å². The van der Waals surface area contributed by atoms with Gasteiger partial charge in [-0.2, -0.15) is 16.1 Å². The number of hydrogen-bond donors (Lipinski definition) is 1. The van der Waals surface area contributed by atoms with E-state index in [-0.39, 0.29) is 27.8 Å². The van der Waals surface area contributed by atoms with E-state index >= 15 is 0 Å². The third-order valence-electron chi connectivity index (χ3n) is 3.08. The fraction of sp³-hybridized carbons (Fsp3) is 0.667. The van der Waals surface area contributed by atoms with Gasteiger partial charge in [-0.15, -0.1) is 0 Å². The molecule has 1 N–H and O–H groups in total. The second-order valence-corrected chi connectivity index (χ2v) is 8.66. The molecule has 2 atom stereocenters. The average molecular weight is 305 g/mol. The number of rotatable bonds is 3. The first-order valence-corrected chi connectivity index (χ1v) is 8.58. The summed E-state index contributed by atoms with van der Waals surface area (Å²) in [6.07, 6.45) is 0. The Morgan fingerprint density at radius 3 is 2.47 bits per heavy atom. The Bertz CT molecular complexity index is 542. The van der Waals surface area contributed by atoms with Crippen LogP contribution in [0.1, 0.15) is 25.4 Å². The van der Waals surface area contributed by atoms with Crippen LogP contribution in [-0.2, 0) is 16.6 Å². The topological polar surface area (TPSA) is 70.8 Å². The van der Waals surface area contributed by atoms with Gasteiger partial charge >= 0.3 is 0 Å². The van der Waals surface area contributed by atoms with Crippen molar-refractivity contribution in [3.05, 3.63) is 17.6 Å². The first-order valence-electron chi connectivity index (χ1n) is 6.20. The molecule has 0 radical (unpaired) electrons. The molecule has 2 rings (SSSR count). The Balaban J connectivity index is 2.33. The Morgan fingerprint density at radius 2 is 2.00 bits per heavy atom. The van der Waals surface area contributed by atoms with Gasteiger partial charge in [0.05, 0.1) is 0 Å². The van der Waals surface area contributed by atoms with Gasteiger partial charge < -0.3 is 9.52 Å². The molecule has 108 valence electrons. The summed E-state index contributed by atoms with van der Waals surface area (Å²) in [5.74, 6) is 0.617. The van der Waals surface area contributed by atoms with Crippen LogP contribution < -0.4 is 0 Å². The molecule has 1 aromatic heterocycles. The van der Waals surface area contributed by atoms with Crippen molar-refractivity contribution in [1.29, 1.82) is 0 Å². The molecule has 19 heavy (non-hydrogen) atoms. The lowest BCUT2D eigenvalue weighted by molar-refractivity contribution is 0.244. The van der Waals surface area contributed by atoms with Crippen LogP contribution in [0, 0.1) is 6.92 Å². The number of hydrogen-bond acceptors (Lipinski definition) is 5. The lowest BCUT2D eigenvalue weighted by Gasteiger charge is -2.33. The van der Waals surface area contributed by atoms with Crippen molar-refractivity contribution < 1.29 is 17.9 Å². The van der Waals surface area contributed by atoms with E-state index in [1.54, 1.807) is 18.7 Å². The van der Waals surface area contributed by atoms with Gasteiger partial charge in [0.25, 0.3) is 0 Å². The minimum Gasteiger partial charge on any atom is -0.462 e. The lowest BCUT2D eigenvalue weighted by atomic mass is 10.4. The highest BCUT2D eigenvalue weighted by Gasteiger charge is 2.34. The van der Waals surface area contributed by atoms with Crippen LogP contribution in [-0.4, -0.2) is 41.4 Å². The summed E-state index contributed by atoms with van der Waals surface area (Å²) in [4.78, 5) is 0.169. The summed E-state index contributed by atoms with van der Waals surface area (Å²) in [6.45, 7) is 6.40. The van der Waals surface area contributed by atoms with Gasteiger partial charge in [-0.3, -0.25) is 0 Å². The maximum absolute atomic E-state index is 12.6. The Morgan fingerprint density at radius 1 is 1.42 bits per heavy atom.